The van der Waals surface area contributed by atoms with Crippen LogP contribution in [0.2, 0.25) is 5.02 Å². The minimum atomic E-state index is -0.461. The number of hydrogen-bond acceptors (Lipinski definition) is 6. The molecule has 0 bridgehead atoms. The number of carbonyl (C=O) groups excluding carboxylic acids is 1. The number of fused-ring (bicyclic) bond motifs is 1. The molecule has 5 nitrogen and oxygen atoms in total. The van der Waals surface area contributed by atoms with Crippen molar-refractivity contribution in [2.45, 2.75) is 35.6 Å². The first-order valence-corrected chi connectivity index (χ1v) is 10.1. The Kier molecular flexibility index (Phi) is 5.76. The Morgan fingerprint density at radius 1 is 1.44 bits per heavy atom. The zero-order valence-corrected chi connectivity index (χ0v) is 16.2. The Bertz CT molecular complexity index is 852. The van der Waals surface area contributed by atoms with Gasteiger partial charge < -0.3 is 4.74 Å². The van der Waals surface area contributed by atoms with Crippen molar-refractivity contribution < 1.29 is 9.53 Å². The minimum Gasteiger partial charge on any atom is -0.465 e. The highest BCUT2D eigenvalue weighted by Crippen LogP contribution is 2.31. The van der Waals surface area contributed by atoms with E-state index in [4.69, 9.17) is 16.3 Å². The van der Waals surface area contributed by atoms with Crippen molar-refractivity contribution in [1.29, 1.82) is 0 Å². The maximum absolute atomic E-state index is 13.0. The molecule has 0 N–H and O–H groups in total. The van der Waals surface area contributed by atoms with Crippen molar-refractivity contribution in [1.82, 2.24) is 9.55 Å². The van der Waals surface area contributed by atoms with Crippen LogP contribution in [0.1, 0.15) is 19.5 Å². The predicted molar refractivity (Wildman–Crippen MR) is 101 cm³/mol. The zero-order chi connectivity index (χ0) is 18.0. The molecule has 0 radical (unpaired) electrons. The number of carbonyl (C=O) groups is 1. The lowest BCUT2D eigenvalue weighted by Crippen LogP contribution is -2.25. The molecule has 25 heavy (non-hydrogen) atoms. The van der Waals surface area contributed by atoms with Crippen molar-refractivity contribution >= 4 is 41.1 Å². The SMILES string of the molecule is CCOC(=O)C(C)Sc1nc2c(c(=O)n1-c1ccc(Cl)cc1)SCC2. The quantitative estimate of drug-likeness (QED) is 0.437. The summed E-state index contributed by atoms with van der Waals surface area (Å²) in [7, 11) is 0. The summed E-state index contributed by atoms with van der Waals surface area (Å²) < 4.78 is 6.61. The third kappa shape index (κ3) is 3.88. The molecule has 0 aliphatic carbocycles. The summed E-state index contributed by atoms with van der Waals surface area (Å²) >= 11 is 8.72. The molecule has 0 fully saturated rings. The Hall–Kier alpha value is -1.44. The van der Waals surface area contributed by atoms with E-state index >= 15 is 0 Å². The van der Waals surface area contributed by atoms with E-state index in [0.29, 0.717) is 27.4 Å². The maximum Gasteiger partial charge on any atom is 0.319 e. The lowest BCUT2D eigenvalue weighted by Gasteiger charge is -2.16. The first-order chi connectivity index (χ1) is 12.0. The van der Waals surface area contributed by atoms with Crippen LogP contribution >= 0.6 is 35.1 Å². The number of ether oxygens (including phenoxy) is 1. The monoisotopic (exact) mass is 396 g/mol. The fourth-order valence-corrected chi connectivity index (χ4v) is 4.55. The van der Waals surface area contributed by atoms with Gasteiger partial charge >= 0.3 is 5.97 Å². The highest BCUT2D eigenvalue weighted by atomic mass is 35.5. The Labute approximate surface area is 159 Å². The lowest BCUT2D eigenvalue weighted by atomic mass is 10.3. The third-order valence-electron chi connectivity index (χ3n) is 3.65. The van der Waals surface area contributed by atoms with Gasteiger partial charge in [-0.3, -0.25) is 14.2 Å². The number of rotatable bonds is 5. The van der Waals surface area contributed by atoms with Crippen LogP contribution in [0, 0.1) is 0 Å². The molecular formula is C17H17ClN2O3S2. The van der Waals surface area contributed by atoms with E-state index < -0.39 is 5.25 Å². The lowest BCUT2D eigenvalue weighted by molar-refractivity contribution is -0.142. The van der Waals surface area contributed by atoms with E-state index in [1.54, 1.807) is 42.7 Å². The summed E-state index contributed by atoms with van der Waals surface area (Å²) in [5.41, 5.74) is 1.38. The van der Waals surface area contributed by atoms with Gasteiger partial charge in [0.25, 0.3) is 5.56 Å². The van der Waals surface area contributed by atoms with Crippen LogP contribution in [0.15, 0.2) is 39.1 Å². The molecule has 1 atom stereocenters. The molecule has 1 aromatic carbocycles. The van der Waals surface area contributed by atoms with Gasteiger partial charge in [0.1, 0.15) is 5.25 Å². The molecule has 3 rings (SSSR count). The van der Waals surface area contributed by atoms with Crippen LogP contribution in [0.5, 0.6) is 0 Å². The molecule has 0 spiro atoms. The normalized spacial score (nSPS) is 14.2. The Morgan fingerprint density at radius 3 is 2.84 bits per heavy atom. The van der Waals surface area contributed by atoms with Crippen molar-refractivity contribution in [2.24, 2.45) is 0 Å². The average molecular weight is 397 g/mol. The number of halogens is 1. The van der Waals surface area contributed by atoms with E-state index in [-0.39, 0.29) is 11.5 Å². The van der Waals surface area contributed by atoms with Crippen LogP contribution < -0.4 is 5.56 Å². The van der Waals surface area contributed by atoms with Crippen LogP contribution in [-0.2, 0) is 16.0 Å². The summed E-state index contributed by atoms with van der Waals surface area (Å²) in [5.74, 6) is 0.527. The van der Waals surface area contributed by atoms with Crippen molar-refractivity contribution in [3.8, 4) is 5.69 Å². The van der Waals surface area contributed by atoms with E-state index in [1.165, 1.54) is 23.5 Å². The van der Waals surface area contributed by atoms with Gasteiger partial charge in [-0.15, -0.1) is 11.8 Å². The molecule has 0 amide bonds. The summed E-state index contributed by atoms with van der Waals surface area (Å²) in [6.45, 7) is 3.84. The topological polar surface area (TPSA) is 61.2 Å². The second kappa shape index (κ2) is 7.85. The summed E-state index contributed by atoms with van der Waals surface area (Å²) in [4.78, 5) is 30.3. The Morgan fingerprint density at radius 2 is 2.16 bits per heavy atom. The van der Waals surface area contributed by atoms with Crippen molar-refractivity contribution in [3.63, 3.8) is 0 Å². The molecule has 1 aromatic heterocycles. The van der Waals surface area contributed by atoms with Gasteiger partial charge in [-0.2, -0.15) is 0 Å². The summed E-state index contributed by atoms with van der Waals surface area (Å²) in [6, 6.07) is 7.01. The van der Waals surface area contributed by atoms with Gasteiger partial charge in [0, 0.05) is 17.2 Å². The minimum absolute atomic E-state index is 0.103. The number of aryl methyl sites for hydroxylation is 1. The fraction of sp³-hybridized carbons (Fsp3) is 0.353. The number of aromatic nitrogens is 2. The van der Waals surface area contributed by atoms with Gasteiger partial charge in [-0.25, -0.2) is 4.98 Å². The predicted octanol–water partition coefficient (Wildman–Crippen LogP) is 3.58. The zero-order valence-electron chi connectivity index (χ0n) is 13.8. The highest BCUT2D eigenvalue weighted by molar-refractivity contribution is 8.00. The van der Waals surface area contributed by atoms with Crippen molar-refractivity contribution in [3.05, 3.63) is 45.3 Å². The molecule has 1 unspecified atom stereocenters. The number of benzene rings is 1. The molecule has 8 heteroatoms. The highest BCUT2D eigenvalue weighted by Gasteiger charge is 2.25. The van der Waals surface area contributed by atoms with Gasteiger partial charge in [-0.05, 0) is 38.1 Å². The molecule has 2 heterocycles. The van der Waals surface area contributed by atoms with Gasteiger partial charge in [0.15, 0.2) is 5.16 Å². The van der Waals surface area contributed by atoms with Crippen LogP contribution in [-0.4, -0.2) is 33.1 Å². The number of thioether (sulfide) groups is 2. The molecular weight excluding hydrogens is 380 g/mol. The third-order valence-corrected chi connectivity index (χ3v) is 6.04. The van der Waals surface area contributed by atoms with Gasteiger partial charge in [0.05, 0.1) is 22.9 Å². The molecule has 1 aliphatic rings. The van der Waals surface area contributed by atoms with E-state index in [2.05, 4.69) is 4.98 Å². The van der Waals surface area contributed by atoms with Crippen molar-refractivity contribution in [2.75, 3.05) is 12.4 Å². The van der Waals surface area contributed by atoms with Crippen LogP contribution in [0.4, 0.5) is 0 Å². The van der Waals surface area contributed by atoms with Crippen LogP contribution in [0.3, 0.4) is 0 Å². The molecule has 132 valence electrons. The molecule has 0 saturated carbocycles. The Balaban J connectivity index is 2.07. The standard InChI is InChI=1S/C17H17ClN2O3S2/c1-3-23-16(22)10(2)25-17-19-13-8-9-24-14(13)15(21)20(17)12-6-4-11(18)5-7-12/h4-7,10H,3,8-9H2,1-2H3. The molecule has 1 aliphatic heterocycles. The first kappa shape index (κ1) is 18.4. The first-order valence-electron chi connectivity index (χ1n) is 7.89. The second-order valence-corrected chi connectivity index (χ2v) is 8.25. The number of esters is 1. The number of hydrogen-bond donors (Lipinski definition) is 0. The number of nitrogens with zero attached hydrogens (tertiary/aromatic N) is 2. The average Bonchev–Trinajstić information content (AvgIpc) is 3.05. The largest absolute Gasteiger partial charge is 0.465 e. The van der Waals surface area contributed by atoms with E-state index in [0.717, 1.165) is 17.9 Å². The van der Waals surface area contributed by atoms with Gasteiger partial charge in [0.2, 0.25) is 0 Å². The maximum atomic E-state index is 13.0. The van der Waals surface area contributed by atoms with E-state index in [9.17, 15) is 9.59 Å². The summed E-state index contributed by atoms with van der Waals surface area (Å²) in [6.07, 6.45) is 0.762. The molecule has 2 aromatic rings. The smallest absolute Gasteiger partial charge is 0.319 e. The summed E-state index contributed by atoms with van der Waals surface area (Å²) in [5, 5.41) is 0.626. The van der Waals surface area contributed by atoms with Gasteiger partial charge in [-0.1, -0.05) is 23.4 Å². The van der Waals surface area contributed by atoms with E-state index in [1.807, 2.05) is 0 Å². The fourth-order valence-electron chi connectivity index (χ4n) is 2.46. The molecule has 0 saturated heterocycles. The second-order valence-electron chi connectivity index (χ2n) is 5.40. The van der Waals surface area contributed by atoms with Crippen LogP contribution in [0.25, 0.3) is 5.69 Å².